The van der Waals surface area contributed by atoms with Gasteiger partial charge in [-0.3, -0.25) is 0 Å². The number of nitrogens with one attached hydrogen (secondary N) is 1. The highest BCUT2D eigenvalue weighted by Gasteiger charge is 2.16. The van der Waals surface area contributed by atoms with Gasteiger partial charge in [-0.15, -0.1) is 0 Å². The minimum atomic E-state index is -2.90. The van der Waals surface area contributed by atoms with E-state index >= 15 is 0 Å². The van der Waals surface area contributed by atoms with Gasteiger partial charge in [-0.05, 0) is 44.2 Å². The van der Waals surface area contributed by atoms with Crippen molar-refractivity contribution in [2.45, 2.75) is 46.0 Å². The van der Waals surface area contributed by atoms with Crippen molar-refractivity contribution in [3.63, 3.8) is 0 Å². The lowest BCUT2D eigenvalue weighted by Gasteiger charge is -2.18. The van der Waals surface area contributed by atoms with Crippen LogP contribution in [0.15, 0.2) is 24.3 Å². The Morgan fingerprint density at radius 1 is 1.14 bits per heavy atom. The van der Waals surface area contributed by atoms with E-state index in [1.54, 1.807) is 0 Å². The van der Waals surface area contributed by atoms with E-state index in [0.717, 1.165) is 19.5 Å². The molecule has 0 amide bonds. The van der Waals surface area contributed by atoms with Gasteiger partial charge in [-0.1, -0.05) is 43.7 Å². The molecule has 0 saturated heterocycles. The summed E-state index contributed by atoms with van der Waals surface area (Å²) in [5.41, 5.74) is 2.47. The second kappa shape index (κ2) is 9.21. The fourth-order valence-corrected chi connectivity index (χ4v) is 3.97. The van der Waals surface area contributed by atoms with Crippen LogP contribution in [0.4, 0.5) is 0 Å². The Kier molecular flexibility index (Phi) is 7.97. The first-order valence-electron chi connectivity index (χ1n) is 7.96. The number of benzene rings is 1. The molecule has 0 heterocycles. The van der Waals surface area contributed by atoms with Crippen molar-refractivity contribution in [1.82, 2.24) is 5.32 Å². The fraction of sp³-hybridized carbons (Fsp3) is 0.647. The third-order valence-corrected chi connectivity index (χ3v) is 5.51. The van der Waals surface area contributed by atoms with Crippen molar-refractivity contribution in [1.29, 1.82) is 0 Å². The molecule has 0 fully saturated rings. The summed E-state index contributed by atoms with van der Waals surface area (Å²) in [5, 5.41) is 3.43. The summed E-state index contributed by atoms with van der Waals surface area (Å²) >= 11 is 0. The van der Waals surface area contributed by atoms with E-state index in [4.69, 9.17) is 0 Å². The van der Waals surface area contributed by atoms with Gasteiger partial charge in [-0.2, -0.15) is 0 Å². The Labute approximate surface area is 130 Å². The fourth-order valence-electron chi connectivity index (χ4n) is 2.50. The van der Waals surface area contributed by atoms with E-state index in [0.29, 0.717) is 18.6 Å². The molecule has 1 unspecified atom stereocenters. The zero-order chi connectivity index (χ0) is 15.7. The van der Waals surface area contributed by atoms with Gasteiger partial charge in [-0.25, -0.2) is 8.42 Å². The van der Waals surface area contributed by atoms with E-state index < -0.39 is 9.84 Å². The highest BCUT2D eigenvalue weighted by molar-refractivity contribution is 7.91. The van der Waals surface area contributed by atoms with Crippen LogP contribution in [-0.2, 0) is 9.84 Å². The summed E-state index contributed by atoms with van der Waals surface area (Å²) in [6, 6.07) is 8.41. The van der Waals surface area contributed by atoms with Crippen molar-refractivity contribution in [3.8, 4) is 0 Å². The molecule has 1 aromatic carbocycles. The summed E-state index contributed by atoms with van der Waals surface area (Å²) in [6.07, 6.45) is 2.49. The van der Waals surface area contributed by atoms with E-state index in [-0.39, 0.29) is 11.7 Å². The van der Waals surface area contributed by atoms with Gasteiger partial charge in [0.15, 0.2) is 0 Å². The van der Waals surface area contributed by atoms with Gasteiger partial charge in [0.25, 0.3) is 0 Å². The molecule has 21 heavy (non-hydrogen) atoms. The maximum absolute atomic E-state index is 11.9. The molecule has 0 aliphatic carbocycles. The van der Waals surface area contributed by atoms with Crippen LogP contribution in [0.2, 0.25) is 0 Å². The summed E-state index contributed by atoms with van der Waals surface area (Å²) in [5.74, 6) is 0.853. The summed E-state index contributed by atoms with van der Waals surface area (Å²) in [6.45, 7) is 7.95. The molecule has 3 nitrogen and oxygen atoms in total. The monoisotopic (exact) mass is 311 g/mol. The predicted octanol–water partition coefficient (Wildman–Crippen LogP) is 3.29. The maximum atomic E-state index is 11.9. The van der Waals surface area contributed by atoms with Gasteiger partial charge in [0.2, 0.25) is 0 Å². The van der Waals surface area contributed by atoms with E-state index in [1.807, 2.05) is 6.92 Å². The molecule has 4 heteroatoms. The molecule has 0 aliphatic rings. The lowest BCUT2D eigenvalue weighted by molar-refractivity contribution is 0.553. The van der Waals surface area contributed by atoms with E-state index in [9.17, 15) is 8.42 Å². The van der Waals surface area contributed by atoms with Gasteiger partial charge < -0.3 is 5.32 Å². The van der Waals surface area contributed by atoms with Crippen LogP contribution in [0.25, 0.3) is 0 Å². The van der Waals surface area contributed by atoms with Crippen molar-refractivity contribution < 1.29 is 8.42 Å². The predicted molar refractivity (Wildman–Crippen MR) is 90.6 cm³/mol. The van der Waals surface area contributed by atoms with Crippen LogP contribution in [0, 0.1) is 6.92 Å². The lowest BCUT2D eigenvalue weighted by Crippen LogP contribution is -2.24. The molecule has 1 rings (SSSR count). The highest BCUT2D eigenvalue weighted by Crippen LogP contribution is 2.21. The van der Waals surface area contributed by atoms with Crippen LogP contribution in [-0.4, -0.2) is 33.0 Å². The molecule has 120 valence electrons. The van der Waals surface area contributed by atoms with Crippen molar-refractivity contribution in [2.75, 3.05) is 24.6 Å². The SMILES string of the molecule is CCCNCC(CCS(=O)(=O)CCC)c1cccc(C)c1. The Morgan fingerprint density at radius 3 is 2.52 bits per heavy atom. The van der Waals surface area contributed by atoms with Crippen molar-refractivity contribution in [3.05, 3.63) is 35.4 Å². The summed E-state index contributed by atoms with van der Waals surface area (Å²) < 4.78 is 23.9. The third-order valence-electron chi connectivity index (χ3n) is 3.62. The molecular formula is C17H29NO2S. The van der Waals surface area contributed by atoms with Crippen molar-refractivity contribution >= 4 is 9.84 Å². The van der Waals surface area contributed by atoms with Crippen LogP contribution in [0.3, 0.4) is 0 Å². The first-order chi connectivity index (χ1) is 9.98. The molecule has 1 aromatic rings. The minimum Gasteiger partial charge on any atom is -0.316 e. The minimum absolute atomic E-state index is 0.267. The van der Waals surface area contributed by atoms with Crippen LogP contribution in [0.5, 0.6) is 0 Å². The first kappa shape index (κ1) is 18.2. The topological polar surface area (TPSA) is 46.2 Å². The molecule has 1 atom stereocenters. The highest BCUT2D eigenvalue weighted by atomic mass is 32.2. The van der Waals surface area contributed by atoms with Crippen molar-refractivity contribution in [2.24, 2.45) is 0 Å². The smallest absolute Gasteiger partial charge is 0.150 e. The average Bonchev–Trinajstić information content (AvgIpc) is 2.42. The van der Waals surface area contributed by atoms with Gasteiger partial charge >= 0.3 is 0 Å². The Morgan fingerprint density at radius 2 is 1.90 bits per heavy atom. The van der Waals surface area contributed by atoms with E-state index in [2.05, 4.69) is 43.4 Å². The quantitative estimate of drug-likeness (QED) is 0.674. The Bertz CT molecular complexity index is 511. The standard InChI is InChI=1S/C17H29NO2S/c1-4-10-18-14-17(9-12-21(19,20)11-5-2)16-8-6-7-15(3)13-16/h6-8,13,17-18H,4-5,9-12,14H2,1-3H3. The maximum Gasteiger partial charge on any atom is 0.150 e. The van der Waals surface area contributed by atoms with Crippen LogP contribution < -0.4 is 5.32 Å². The van der Waals surface area contributed by atoms with Gasteiger partial charge in [0, 0.05) is 12.3 Å². The van der Waals surface area contributed by atoms with Gasteiger partial charge in [0.1, 0.15) is 9.84 Å². The molecule has 1 N–H and O–H groups in total. The normalized spacial score (nSPS) is 13.3. The second-order valence-corrected chi connectivity index (χ2v) is 8.06. The van der Waals surface area contributed by atoms with Crippen LogP contribution in [0.1, 0.15) is 50.2 Å². The number of sulfone groups is 1. The zero-order valence-corrected chi connectivity index (χ0v) is 14.4. The first-order valence-corrected chi connectivity index (χ1v) is 9.78. The third kappa shape index (κ3) is 7.09. The van der Waals surface area contributed by atoms with Gasteiger partial charge in [0.05, 0.1) is 5.75 Å². The number of aryl methyl sites for hydroxylation is 1. The zero-order valence-electron chi connectivity index (χ0n) is 13.6. The number of rotatable bonds is 10. The molecule has 0 aromatic heterocycles. The Balaban J connectivity index is 2.73. The summed E-state index contributed by atoms with van der Waals surface area (Å²) in [7, 11) is -2.90. The molecular weight excluding hydrogens is 282 g/mol. The largest absolute Gasteiger partial charge is 0.316 e. The molecule has 0 saturated carbocycles. The average molecular weight is 311 g/mol. The Hall–Kier alpha value is -0.870. The van der Waals surface area contributed by atoms with E-state index in [1.165, 1.54) is 11.1 Å². The number of hydrogen-bond donors (Lipinski definition) is 1. The molecule has 0 radical (unpaired) electrons. The van der Waals surface area contributed by atoms with Crippen LogP contribution >= 0.6 is 0 Å². The molecule has 0 spiro atoms. The second-order valence-electron chi connectivity index (χ2n) is 5.76. The molecule has 0 aliphatic heterocycles. The molecule has 0 bridgehead atoms. The number of hydrogen-bond acceptors (Lipinski definition) is 3. The summed E-state index contributed by atoms with van der Waals surface area (Å²) in [4.78, 5) is 0. The lowest BCUT2D eigenvalue weighted by atomic mass is 9.95.